The minimum Gasteiger partial charge on any atom is -0.379 e. The first-order valence-corrected chi connectivity index (χ1v) is 6.67. The number of carbonyl (C=O) groups is 1. The van der Waals surface area contributed by atoms with E-state index in [0.29, 0.717) is 17.6 Å². The fourth-order valence-corrected chi connectivity index (χ4v) is 2.89. The van der Waals surface area contributed by atoms with Gasteiger partial charge in [0.2, 0.25) is 0 Å². The van der Waals surface area contributed by atoms with Crippen molar-refractivity contribution in [2.45, 2.75) is 13.1 Å². The highest BCUT2D eigenvalue weighted by Crippen LogP contribution is 2.25. The molecule has 2 aromatic rings. The third-order valence-electron chi connectivity index (χ3n) is 2.80. The number of benzene rings is 1. The topological polar surface area (TPSA) is 54.0 Å². The molecule has 4 nitrogen and oxygen atoms in total. The largest absolute Gasteiger partial charge is 0.379 e. The van der Waals surface area contributed by atoms with Crippen LogP contribution in [0.5, 0.6) is 0 Å². The highest BCUT2D eigenvalue weighted by molar-refractivity contribution is 7.15. The maximum Gasteiger partial charge on any atom is 0.253 e. The van der Waals surface area contributed by atoms with E-state index in [-0.39, 0.29) is 5.91 Å². The maximum atomic E-state index is 11.7. The zero-order valence-electron chi connectivity index (χ0n) is 9.37. The molecule has 3 rings (SSSR count). The molecule has 1 aliphatic rings. The molecule has 0 atom stereocenters. The van der Waals surface area contributed by atoms with Crippen LogP contribution in [0, 0.1) is 0 Å². The molecule has 1 aliphatic heterocycles. The summed E-state index contributed by atoms with van der Waals surface area (Å²) in [5, 5.41) is 6.07. The lowest BCUT2D eigenvalue weighted by Gasteiger charge is -2.08. The molecule has 0 radical (unpaired) electrons. The molecule has 2 heterocycles. The summed E-state index contributed by atoms with van der Waals surface area (Å²) in [5.74, 6) is -0.0181. The number of amides is 1. The Hall–Kier alpha value is -1.59. The van der Waals surface area contributed by atoms with Crippen molar-refractivity contribution >= 4 is 34.5 Å². The van der Waals surface area contributed by atoms with Gasteiger partial charge in [-0.25, -0.2) is 4.98 Å². The predicted molar refractivity (Wildman–Crippen MR) is 72.1 cm³/mol. The Labute approximate surface area is 113 Å². The summed E-state index contributed by atoms with van der Waals surface area (Å²) in [6.45, 7) is 1.23. The number of fused-ring (bicyclic) bond motifs is 1. The number of anilines is 1. The third kappa shape index (κ3) is 2.07. The second kappa shape index (κ2) is 4.59. The SMILES string of the molecule is O=C1NCc2cccc(NCc3cnc(Cl)s3)c21. The molecule has 18 heavy (non-hydrogen) atoms. The van der Waals surface area contributed by atoms with E-state index in [0.717, 1.165) is 21.7 Å². The maximum absolute atomic E-state index is 11.7. The average Bonchev–Trinajstić information content (AvgIpc) is 2.94. The summed E-state index contributed by atoms with van der Waals surface area (Å²) in [5.41, 5.74) is 2.63. The molecule has 0 saturated carbocycles. The van der Waals surface area contributed by atoms with Crippen molar-refractivity contribution in [1.82, 2.24) is 10.3 Å². The monoisotopic (exact) mass is 279 g/mol. The fourth-order valence-electron chi connectivity index (χ4n) is 1.97. The third-order valence-corrected chi connectivity index (χ3v) is 3.91. The first-order chi connectivity index (χ1) is 8.74. The molecular weight excluding hydrogens is 270 g/mol. The Bertz CT molecular complexity index is 611. The van der Waals surface area contributed by atoms with Crippen molar-refractivity contribution in [2.75, 3.05) is 5.32 Å². The van der Waals surface area contributed by atoms with Gasteiger partial charge in [-0.15, -0.1) is 11.3 Å². The minimum atomic E-state index is -0.0181. The molecular formula is C12H10ClN3OS. The van der Waals surface area contributed by atoms with Crippen molar-refractivity contribution in [1.29, 1.82) is 0 Å². The number of nitrogens with zero attached hydrogens (tertiary/aromatic N) is 1. The molecule has 1 amide bonds. The number of hydrogen-bond acceptors (Lipinski definition) is 4. The van der Waals surface area contributed by atoms with E-state index in [1.807, 2.05) is 18.2 Å². The lowest BCUT2D eigenvalue weighted by atomic mass is 10.1. The van der Waals surface area contributed by atoms with E-state index in [1.54, 1.807) is 6.20 Å². The number of nitrogens with one attached hydrogen (secondary N) is 2. The lowest BCUT2D eigenvalue weighted by molar-refractivity contribution is 0.0966. The summed E-state index contributed by atoms with van der Waals surface area (Å²) < 4.78 is 0.530. The molecule has 1 aromatic heterocycles. The Balaban J connectivity index is 1.81. The van der Waals surface area contributed by atoms with Crippen molar-refractivity contribution in [3.63, 3.8) is 0 Å². The molecule has 6 heteroatoms. The van der Waals surface area contributed by atoms with Crippen molar-refractivity contribution in [3.05, 3.63) is 44.9 Å². The Morgan fingerprint density at radius 3 is 3.17 bits per heavy atom. The summed E-state index contributed by atoms with van der Waals surface area (Å²) in [6, 6.07) is 5.81. The predicted octanol–water partition coefficient (Wildman–Crippen LogP) is 2.65. The number of carbonyl (C=O) groups excluding carboxylic acids is 1. The average molecular weight is 280 g/mol. The second-order valence-corrected chi connectivity index (χ2v) is 5.65. The number of halogens is 1. The number of aromatic nitrogens is 1. The van der Waals surface area contributed by atoms with Crippen LogP contribution >= 0.6 is 22.9 Å². The lowest BCUT2D eigenvalue weighted by Crippen LogP contribution is -2.14. The molecule has 92 valence electrons. The molecule has 0 aliphatic carbocycles. The van der Waals surface area contributed by atoms with Crippen LogP contribution in [-0.2, 0) is 13.1 Å². The molecule has 0 bridgehead atoms. The van der Waals surface area contributed by atoms with Crippen LogP contribution in [0.2, 0.25) is 4.47 Å². The highest BCUT2D eigenvalue weighted by Gasteiger charge is 2.21. The molecule has 0 fully saturated rings. The number of hydrogen-bond donors (Lipinski definition) is 2. The summed E-state index contributed by atoms with van der Waals surface area (Å²) in [7, 11) is 0. The van der Waals surface area contributed by atoms with E-state index in [1.165, 1.54) is 11.3 Å². The Kier molecular flexibility index (Phi) is 2.93. The zero-order valence-corrected chi connectivity index (χ0v) is 10.9. The molecule has 0 saturated heterocycles. The van der Waals surface area contributed by atoms with Crippen LogP contribution in [-0.4, -0.2) is 10.9 Å². The summed E-state index contributed by atoms with van der Waals surface area (Å²) in [4.78, 5) is 16.7. The van der Waals surface area contributed by atoms with E-state index in [2.05, 4.69) is 15.6 Å². The number of rotatable bonds is 3. The molecule has 0 spiro atoms. The van der Waals surface area contributed by atoms with Gasteiger partial charge in [-0.05, 0) is 11.6 Å². The van der Waals surface area contributed by atoms with Crippen LogP contribution in [0.25, 0.3) is 0 Å². The van der Waals surface area contributed by atoms with Gasteiger partial charge in [-0.3, -0.25) is 4.79 Å². The van der Waals surface area contributed by atoms with Crippen LogP contribution in [0.1, 0.15) is 20.8 Å². The first kappa shape index (κ1) is 11.5. The van der Waals surface area contributed by atoms with Gasteiger partial charge >= 0.3 is 0 Å². The van der Waals surface area contributed by atoms with Gasteiger partial charge in [0.15, 0.2) is 4.47 Å². The van der Waals surface area contributed by atoms with Crippen LogP contribution < -0.4 is 10.6 Å². The summed E-state index contributed by atoms with van der Waals surface area (Å²) in [6.07, 6.45) is 1.74. The second-order valence-electron chi connectivity index (χ2n) is 3.96. The standard InChI is InChI=1S/C12H10ClN3OS/c13-12-16-6-8(18-12)5-14-9-3-1-2-7-4-15-11(17)10(7)9/h1-3,6,14H,4-5H2,(H,15,17). The van der Waals surface area contributed by atoms with Crippen LogP contribution in [0.4, 0.5) is 5.69 Å². The van der Waals surface area contributed by atoms with Gasteiger partial charge in [0.25, 0.3) is 5.91 Å². The highest BCUT2D eigenvalue weighted by atomic mass is 35.5. The van der Waals surface area contributed by atoms with E-state index < -0.39 is 0 Å². The van der Waals surface area contributed by atoms with Crippen LogP contribution in [0.3, 0.4) is 0 Å². The van der Waals surface area contributed by atoms with Gasteiger partial charge in [-0.2, -0.15) is 0 Å². The minimum absolute atomic E-state index is 0.0181. The van der Waals surface area contributed by atoms with Gasteiger partial charge in [0.05, 0.1) is 12.1 Å². The van der Waals surface area contributed by atoms with Crippen molar-refractivity contribution < 1.29 is 4.79 Å². The van der Waals surface area contributed by atoms with Gasteiger partial charge < -0.3 is 10.6 Å². The molecule has 2 N–H and O–H groups in total. The van der Waals surface area contributed by atoms with E-state index >= 15 is 0 Å². The van der Waals surface area contributed by atoms with Crippen molar-refractivity contribution in [3.8, 4) is 0 Å². The molecule has 0 unspecified atom stereocenters. The first-order valence-electron chi connectivity index (χ1n) is 5.48. The number of thiazole rings is 1. The van der Waals surface area contributed by atoms with Gasteiger partial charge in [-0.1, -0.05) is 23.7 Å². The van der Waals surface area contributed by atoms with Gasteiger partial charge in [0, 0.05) is 23.3 Å². The Morgan fingerprint density at radius 2 is 2.39 bits per heavy atom. The zero-order chi connectivity index (χ0) is 12.5. The van der Waals surface area contributed by atoms with Crippen molar-refractivity contribution in [2.24, 2.45) is 0 Å². The van der Waals surface area contributed by atoms with Gasteiger partial charge in [0.1, 0.15) is 0 Å². The smallest absolute Gasteiger partial charge is 0.253 e. The van der Waals surface area contributed by atoms with E-state index in [9.17, 15) is 4.79 Å². The Morgan fingerprint density at radius 1 is 1.50 bits per heavy atom. The summed E-state index contributed by atoms with van der Waals surface area (Å²) >= 11 is 7.21. The fraction of sp³-hybridized carbons (Fsp3) is 0.167. The van der Waals surface area contributed by atoms with Crippen LogP contribution in [0.15, 0.2) is 24.4 Å². The normalized spacial score (nSPS) is 13.3. The quantitative estimate of drug-likeness (QED) is 0.908. The molecule has 1 aromatic carbocycles. The van der Waals surface area contributed by atoms with E-state index in [4.69, 9.17) is 11.6 Å².